The van der Waals surface area contributed by atoms with Crippen LogP contribution < -0.4 is 0 Å². The maximum Gasteiger partial charge on any atom is 0.338 e. The van der Waals surface area contributed by atoms with Crippen LogP contribution in [-0.2, 0) is 14.3 Å². The van der Waals surface area contributed by atoms with Gasteiger partial charge >= 0.3 is 5.97 Å². The number of β-amino-alcohol motifs (C(OH)–C–C–N with tert-alkyl or cyclic N) is 1. The number of esters is 1. The molecule has 0 aromatic rings. The molecule has 2 rings (SSSR count). The average molecular weight is 370 g/mol. The SMILES string of the molecule is CCCCC(O)CN1C(C)(C)CC(OC)(C(=O)OC)CC12CCCCC2. The molecule has 5 nitrogen and oxygen atoms in total. The van der Waals surface area contributed by atoms with Crippen LogP contribution in [0.15, 0.2) is 0 Å². The van der Waals surface area contributed by atoms with E-state index in [1.54, 1.807) is 7.11 Å². The fourth-order valence-corrected chi connectivity index (χ4v) is 5.52. The van der Waals surface area contributed by atoms with Gasteiger partial charge in [-0.3, -0.25) is 4.90 Å². The molecular formula is C21H39NO4. The van der Waals surface area contributed by atoms with Gasteiger partial charge in [-0.15, -0.1) is 0 Å². The van der Waals surface area contributed by atoms with Crippen LogP contribution in [0.25, 0.3) is 0 Å². The van der Waals surface area contributed by atoms with E-state index in [0.717, 1.165) is 32.1 Å². The molecule has 0 bridgehead atoms. The van der Waals surface area contributed by atoms with Crippen LogP contribution in [-0.4, -0.2) is 59.5 Å². The van der Waals surface area contributed by atoms with Gasteiger partial charge in [-0.25, -0.2) is 4.79 Å². The lowest BCUT2D eigenvalue weighted by Gasteiger charge is -2.62. The zero-order chi connectivity index (χ0) is 19.4. The van der Waals surface area contributed by atoms with Crippen molar-refractivity contribution in [2.24, 2.45) is 0 Å². The Morgan fingerprint density at radius 3 is 2.35 bits per heavy atom. The Kier molecular flexibility index (Phi) is 7.14. The summed E-state index contributed by atoms with van der Waals surface area (Å²) in [7, 11) is 3.08. The second kappa shape index (κ2) is 8.57. The van der Waals surface area contributed by atoms with Crippen molar-refractivity contribution >= 4 is 5.97 Å². The summed E-state index contributed by atoms with van der Waals surface area (Å²) in [5, 5.41) is 10.7. The summed E-state index contributed by atoms with van der Waals surface area (Å²) in [6.45, 7) is 7.20. The molecule has 26 heavy (non-hydrogen) atoms. The first kappa shape index (κ1) is 21.6. The van der Waals surface area contributed by atoms with Crippen molar-refractivity contribution in [2.45, 2.75) is 108 Å². The van der Waals surface area contributed by atoms with E-state index >= 15 is 0 Å². The molecule has 1 spiro atoms. The smallest absolute Gasteiger partial charge is 0.338 e. The fourth-order valence-electron chi connectivity index (χ4n) is 5.52. The van der Waals surface area contributed by atoms with Gasteiger partial charge in [0, 0.05) is 37.6 Å². The Morgan fingerprint density at radius 2 is 1.81 bits per heavy atom. The molecule has 1 aliphatic heterocycles. The minimum absolute atomic E-state index is 0.0998. The summed E-state index contributed by atoms with van der Waals surface area (Å²) in [6.07, 6.45) is 9.60. The molecule has 5 heteroatoms. The molecule has 2 aliphatic rings. The monoisotopic (exact) mass is 369 g/mol. The number of hydrogen-bond donors (Lipinski definition) is 1. The maximum atomic E-state index is 12.7. The van der Waals surface area contributed by atoms with Crippen LogP contribution in [0.3, 0.4) is 0 Å². The number of aliphatic hydroxyl groups excluding tert-OH is 1. The summed E-state index contributed by atoms with van der Waals surface area (Å²) in [5.41, 5.74) is -1.23. The Balaban J connectivity index is 2.35. The molecule has 0 aromatic carbocycles. The molecular weight excluding hydrogens is 330 g/mol. The third kappa shape index (κ3) is 4.26. The van der Waals surface area contributed by atoms with Crippen LogP contribution in [0.4, 0.5) is 0 Å². The van der Waals surface area contributed by atoms with E-state index < -0.39 is 5.60 Å². The number of aliphatic hydroxyl groups is 1. The Hall–Kier alpha value is -0.650. The number of methoxy groups -OCH3 is 2. The molecule has 1 saturated carbocycles. The predicted molar refractivity (Wildman–Crippen MR) is 103 cm³/mol. The van der Waals surface area contributed by atoms with Crippen molar-refractivity contribution in [2.75, 3.05) is 20.8 Å². The van der Waals surface area contributed by atoms with Gasteiger partial charge in [-0.05, 0) is 33.1 Å². The number of hydrogen-bond acceptors (Lipinski definition) is 5. The maximum absolute atomic E-state index is 12.7. The summed E-state index contributed by atoms with van der Waals surface area (Å²) in [6, 6.07) is 0. The quantitative estimate of drug-likeness (QED) is 0.694. The van der Waals surface area contributed by atoms with E-state index in [0.29, 0.717) is 19.4 Å². The Bertz CT molecular complexity index is 473. The van der Waals surface area contributed by atoms with Gasteiger partial charge in [-0.2, -0.15) is 0 Å². The number of likely N-dealkylation sites (tertiary alicyclic amines) is 1. The molecule has 1 N–H and O–H groups in total. The minimum Gasteiger partial charge on any atom is -0.467 e. The van der Waals surface area contributed by atoms with Crippen molar-refractivity contribution in [3.8, 4) is 0 Å². The van der Waals surface area contributed by atoms with E-state index in [1.165, 1.54) is 26.4 Å². The summed E-state index contributed by atoms with van der Waals surface area (Å²) in [5.74, 6) is -0.260. The van der Waals surface area contributed by atoms with E-state index in [2.05, 4.69) is 25.7 Å². The minimum atomic E-state index is -0.888. The molecule has 1 aliphatic carbocycles. The van der Waals surface area contributed by atoms with E-state index in [1.807, 2.05) is 0 Å². The van der Waals surface area contributed by atoms with Crippen LogP contribution in [0.5, 0.6) is 0 Å². The second-order valence-corrected chi connectivity index (χ2v) is 9.05. The number of rotatable bonds is 7. The fraction of sp³-hybridized carbons (Fsp3) is 0.952. The molecule has 0 aromatic heterocycles. The number of nitrogens with zero attached hydrogens (tertiary/aromatic N) is 1. The van der Waals surface area contributed by atoms with Crippen LogP contribution >= 0.6 is 0 Å². The molecule has 2 unspecified atom stereocenters. The summed E-state index contributed by atoms with van der Waals surface area (Å²) in [4.78, 5) is 15.2. The van der Waals surface area contributed by atoms with Crippen molar-refractivity contribution < 1.29 is 19.4 Å². The van der Waals surface area contributed by atoms with Crippen molar-refractivity contribution in [1.29, 1.82) is 0 Å². The second-order valence-electron chi connectivity index (χ2n) is 9.05. The van der Waals surface area contributed by atoms with Gasteiger partial charge in [-0.1, -0.05) is 39.0 Å². The van der Waals surface area contributed by atoms with E-state index in [4.69, 9.17) is 9.47 Å². The molecule has 152 valence electrons. The lowest BCUT2D eigenvalue weighted by atomic mass is 9.64. The zero-order valence-corrected chi connectivity index (χ0v) is 17.5. The molecule has 1 saturated heterocycles. The lowest BCUT2D eigenvalue weighted by molar-refractivity contribution is -0.203. The molecule has 0 amide bonds. The van der Waals surface area contributed by atoms with Gasteiger partial charge in [0.1, 0.15) is 0 Å². The van der Waals surface area contributed by atoms with Crippen molar-refractivity contribution in [3.63, 3.8) is 0 Å². The predicted octanol–water partition coefficient (Wildman–Crippen LogP) is 3.67. The number of piperidine rings is 1. The normalized spacial score (nSPS) is 29.5. The van der Waals surface area contributed by atoms with Gasteiger partial charge in [0.05, 0.1) is 13.2 Å². The first-order valence-corrected chi connectivity index (χ1v) is 10.3. The highest BCUT2D eigenvalue weighted by Crippen LogP contribution is 2.51. The largest absolute Gasteiger partial charge is 0.467 e. The number of carbonyl (C=O) groups excluding carboxylic acids is 1. The highest BCUT2D eigenvalue weighted by Gasteiger charge is 2.60. The highest BCUT2D eigenvalue weighted by molar-refractivity contribution is 5.80. The molecule has 0 radical (unpaired) electrons. The Labute approximate surface area is 159 Å². The third-order valence-corrected chi connectivity index (χ3v) is 6.65. The summed E-state index contributed by atoms with van der Waals surface area (Å²) < 4.78 is 11.0. The molecule has 2 fully saturated rings. The number of unbranched alkanes of at least 4 members (excludes halogenated alkanes) is 1. The van der Waals surface area contributed by atoms with Crippen LogP contribution in [0.1, 0.15) is 85.0 Å². The zero-order valence-electron chi connectivity index (χ0n) is 17.5. The molecule has 2 atom stereocenters. The topological polar surface area (TPSA) is 59.0 Å². The van der Waals surface area contributed by atoms with Gasteiger partial charge in [0.25, 0.3) is 0 Å². The highest BCUT2D eigenvalue weighted by atomic mass is 16.6. The van der Waals surface area contributed by atoms with Gasteiger partial charge in [0.2, 0.25) is 0 Å². The average Bonchev–Trinajstić information content (AvgIpc) is 2.62. The molecule has 1 heterocycles. The Morgan fingerprint density at radius 1 is 1.15 bits per heavy atom. The first-order valence-electron chi connectivity index (χ1n) is 10.3. The number of ether oxygens (including phenoxy) is 2. The first-order chi connectivity index (χ1) is 12.2. The standard InChI is InChI=1S/C21H39NO4/c1-6-7-11-17(23)14-22-19(2,3)15-21(26-5,18(24)25-4)16-20(22)12-9-8-10-13-20/h17,23H,6-16H2,1-5H3. The summed E-state index contributed by atoms with van der Waals surface area (Å²) >= 11 is 0. The van der Waals surface area contributed by atoms with Gasteiger partial charge < -0.3 is 14.6 Å². The van der Waals surface area contributed by atoms with Crippen molar-refractivity contribution in [3.05, 3.63) is 0 Å². The van der Waals surface area contributed by atoms with Crippen LogP contribution in [0.2, 0.25) is 0 Å². The van der Waals surface area contributed by atoms with Crippen molar-refractivity contribution in [1.82, 2.24) is 4.90 Å². The third-order valence-electron chi connectivity index (χ3n) is 6.65. The number of carbonyl (C=O) groups is 1. The lowest BCUT2D eigenvalue weighted by Crippen LogP contribution is -2.71. The van der Waals surface area contributed by atoms with Crippen LogP contribution in [0, 0.1) is 0 Å². The van der Waals surface area contributed by atoms with E-state index in [9.17, 15) is 9.90 Å². The van der Waals surface area contributed by atoms with Gasteiger partial charge in [0.15, 0.2) is 5.60 Å². The van der Waals surface area contributed by atoms with E-state index in [-0.39, 0.29) is 23.2 Å².